The van der Waals surface area contributed by atoms with Crippen LogP contribution in [0, 0.1) is 22.7 Å². The molecule has 0 bridgehead atoms. The van der Waals surface area contributed by atoms with E-state index in [1.165, 1.54) is 18.2 Å². The molecule has 0 radical (unpaired) electrons. The summed E-state index contributed by atoms with van der Waals surface area (Å²) in [6.07, 6.45) is 9.09. The summed E-state index contributed by atoms with van der Waals surface area (Å²) in [5.41, 5.74) is 2.43. The molecule has 4 atom stereocenters. The fraction of sp³-hybridized carbons (Fsp3) is 0.731. The molecule has 4 unspecified atom stereocenters. The lowest BCUT2D eigenvalue weighted by Gasteiger charge is -2.57. The molecule has 2 aliphatic rings. The molecule has 4 heteroatoms. The first-order chi connectivity index (χ1) is 14.0. The molecular formula is C26H41NO3. The maximum absolute atomic E-state index is 12.8. The predicted molar refractivity (Wildman–Crippen MR) is 121 cm³/mol. The normalized spacial score (nSPS) is 32.0. The fourth-order valence-electron chi connectivity index (χ4n) is 6.35. The third-order valence-electron chi connectivity index (χ3n) is 7.99. The van der Waals surface area contributed by atoms with Crippen molar-refractivity contribution < 1.29 is 13.9 Å². The highest BCUT2D eigenvalue weighted by molar-refractivity contribution is 5.77. The van der Waals surface area contributed by atoms with E-state index in [-0.39, 0.29) is 22.3 Å². The van der Waals surface area contributed by atoms with E-state index < -0.39 is 0 Å². The quantitative estimate of drug-likeness (QED) is 0.454. The minimum Gasteiger partial charge on any atom is -0.469 e. The molecule has 0 saturated heterocycles. The number of ether oxygens (including phenoxy) is 1. The topological polar surface area (TPSA) is 51.5 Å². The van der Waals surface area contributed by atoms with Gasteiger partial charge in [0, 0.05) is 5.54 Å². The Balaban J connectivity index is 1.77. The SMILES string of the molecule is C=C1CCC2C(C)(C(=O)OC)CCCC2(C)C1CCc1ccoc1CNC(C)(C)C. The monoisotopic (exact) mass is 415 g/mol. The summed E-state index contributed by atoms with van der Waals surface area (Å²) >= 11 is 0. The molecule has 30 heavy (non-hydrogen) atoms. The minimum atomic E-state index is -0.377. The molecule has 1 heterocycles. The van der Waals surface area contributed by atoms with Gasteiger partial charge in [0.25, 0.3) is 0 Å². The van der Waals surface area contributed by atoms with Crippen LogP contribution < -0.4 is 5.32 Å². The number of hydrogen-bond acceptors (Lipinski definition) is 4. The highest BCUT2D eigenvalue weighted by Crippen LogP contribution is 2.62. The molecule has 0 amide bonds. The zero-order chi connectivity index (χ0) is 22.2. The van der Waals surface area contributed by atoms with E-state index in [0.29, 0.717) is 11.8 Å². The van der Waals surface area contributed by atoms with Crippen molar-refractivity contribution >= 4 is 5.97 Å². The van der Waals surface area contributed by atoms with Crippen molar-refractivity contribution in [3.8, 4) is 0 Å². The lowest BCUT2D eigenvalue weighted by molar-refractivity contribution is -0.168. The average Bonchev–Trinajstić information content (AvgIpc) is 3.11. The number of esters is 1. The standard InChI is InChI=1S/C26H41NO3/c1-18-9-12-22-25(5,14-8-15-26(22,6)23(28)29-7)20(18)11-10-19-13-16-30-21(19)17-27-24(2,3)4/h13,16,20,22,27H,1,8-12,14-15,17H2,2-7H3. The van der Waals surface area contributed by atoms with Gasteiger partial charge in [-0.3, -0.25) is 4.79 Å². The van der Waals surface area contributed by atoms with Gasteiger partial charge in [-0.2, -0.15) is 0 Å². The molecule has 2 saturated carbocycles. The summed E-state index contributed by atoms with van der Waals surface area (Å²) in [6, 6.07) is 2.12. The van der Waals surface area contributed by atoms with Gasteiger partial charge in [-0.05, 0) is 95.1 Å². The van der Waals surface area contributed by atoms with Crippen LogP contribution in [-0.2, 0) is 22.5 Å². The van der Waals surface area contributed by atoms with Gasteiger partial charge in [0.05, 0.1) is 25.3 Å². The number of rotatable bonds is 6. The zero-order valence-electron chi connectivity index (χ0n) is 19.9. The number of fused-ring (bicyclic) bond motifs is 1. The van der Waals surface area contributed by atoms with E-state index in [0.717, 1.165) is 57.3 Å². The summed E-state index contributed by atoms with van der Waals surface area (Å²) < 4.78 is 11.0. The highest BCUT2D eigenvalue weighted by Gasteiger charge is 2.57. The van der Waals surface area contributed by atoms with Gasteiger partial charge in [0.2, 0.25) is 0 Å². The maximum Gasteiger partial charge on any atom is 0.311 e. The second-order valence-corrected chi connectivity index (χ2v) is 11.1. The first-order valence-corrected chi connectivity index (χ1v) is 11.6. The molecule has 1 aromatic heterocycles. The number of carbonyl (C=O) groups is 1. The van der Waals surface area contributed by atoms with Crippen molar-refractivity contribution in [3.05, 3.63) is 35.8 Å². The Morgan fingerprint density at radius 2 is 2.07 bits per heavy atom. The third kappa shape index (κ3) is 4.39. The molecule has 168 valence electrons. The van der Waals surface area contributed by atoms with Crippen LogP contribution in [-0.4, -0.2) is 18.6 Å². The van der Waals surface area contributed by atoms with Gasteiger partial charge in [-0.15, -0.1) is 0 Å². The van der Waals surface area contributed by atoms with Gasteiger partial charge in [-0.25, -0.2) is 0 Å². The van der Waals surface area contributed by atoms with Crippen LogP contribution in [0.15, 0.2) is 28.9 Å². The van der Waals surface area contributed by atoms with E-state index in [2.05, 4.69) is 52.6 Å². The van der Waals surface area contributed by atoms with Gasteiger partial charge < -0.3 is 14.5 Å². The van der Waals surface area contributed by atoms with Crippen LogP contribution in [0.4, 0.5) is 0 Å². The van der Waals surface area contributed by atoms with Crippen molar-refractivity contribution in [2.24, 2.45) is 22.7 Å². The molecule has 1 N–H and O–H groups in total. The van der Waals surface area contributed by atoms with Crippen LogP contribution in [0.25, 0.3) is 0 Å². The molecule has 4 nitrogen and oxygen atoms in total. The predicted octanol–water partition coefficient (Wildman–Crippen LogP) is 6.05. The van der Waals surface area contributed by atoms with Gasteiger partial charge in [0.1, 0.15) is 5.76 Å². The Kier molecular flexibility index (Phi) is 6.57. The Morgan fingerprint density at radius 3 is 2.73 bits per heavy atom. The van der Waals surface area contributed by atoms with Crippen LogP contribution in [0.2, 0.25) is 0 Å². The van der Waals surface area contributed by atoms with E-state index in [9.17, 15) is 4.79 Å². The van der Waals surface area contributed by atoms with Crippen molar-refractivity contribution in [2.45, 2.75) is 91.6 Å². The van der Waals surface area contributed by atoms with E-state index in [1.54, 1.807) is 0 Å². The number of nitrogens with one attached hydrogen (secondary N) is 1. The number of hydrogen-bond donors (Lipinski definition) is 1. The van der Waals surface area contributed by atoms with Crippen LogP contribution in [0.3, 0.4) is 0 Å². The molecule has 0 spiro atoms. The Morgan fingerprint density at radius 1 is 1.33 bits per heavy atom. The summed E-state index contributed by atoms with van der Waals surface area (Å²) in [6.45, 7) is 16.3. The first-order valence-electron chi connectivity index (χ1n) is 11.6. The summed E-state index contributed by atoms with van der Waals surface area (Å²) in [5.74, 6) is 1.79. The molecule has 0 aliphatic heterocycles. The van der Waals surface area contributed by atoms with E-state index in [1.807, 2.05) is 6.26 Å². The van der Waals surface area contributed by atoms with Gasteiger partial charge in [0.15, 0.2) is 0 Å². The summed E-state index contributed by atoms with van der Waals surface area (Å²) in [5, 5.41) is 3.53. The second-order valence-electron chi connectivity index (χ2n) is 11.1. The Hall–Kier alpha value is -1.55. The van der Waals surface area contributed by atoms with Crippen molar-refractivity contribution in [1.29, 1.82) is 0 Å². The maximum atomic E-state index is 12.8. The number of allylic oxidation sites excluding steroid dienone is 1. The molecule has 3 rings (SSSR count). The number of methoxy groups -OCH3 is 1. The van der Waals surface area contributed by atoms with E-state index >= 15 is 0 Å². The average molecular weight is 416 g/mol. The third-order valence-corrected chi connectivity index (χ3v) is 7.99. The second kappa shape index (κ2) is 8.53. The highest BCUT2D eigenvalue weighted by atomic mass is 16.5. The van der Waals surface area contributed by atoms with Crippen LogP contribution >= 0.6 is 0 Å². The zero-order valence-corrected chi connectivity index (χ0v) is 19.9. The van der Waals surface area contributed by atoms with Crippen molar-refractivity contribution in [2.75, 3.05) is 7.11 Å². The Bertz CT molecular complexity index is 773. The van der Waals surface area contributed by atoms with Gasteiger partial charge >= 0.3 is 5.97 Å². The number of furan rings is 1. The van der Waals surface area contributed by atoms with Gasteiger partial charge in [-0.1, -0.05) is 25.5 Å². The van der Waals surface area contributed by atoms with Crippen molar-refractivity contribution in [3.63, 3.8) is 0 Å². The lowest BCUT2D eigenvalue weighted by Crippen LogP contribution is -2.53. The van der Waals surface area contributed by atoms with E-state index in [4.69, 9.17) is 9.15 Å². The van der Waals surface area contributed by atoms with Crippen LogP contribution in [0.1, 0.15) is 84.5 Å². The molecule has 2 fully saturated rings. The largest absolute Gasteiger partial charge is 0.469 e. The van der Waals surface area contributed by atoms with Crippen molar-refractivity contribution in [1.82, 2.24) is 5.32 Å². The molecule has 0 aromatic carbocycles. The number of aryl methyl sites for hydroxylation is 1. The summed E-state index contributed by atoms with van der Waals surface area (Å²) in [4.78, 5) is 12.8. The fourth-order valence-corrected chi connectivity index (χ4v) is 6.35. The summed E-state index contributed by atoms with van der Waals surface area (Å²) in [7, 11) is 1.53. The first kappa shape index (κ1) is 23.1. The molecular weight excluding hydrogens is 374 g/mol. The molecule has 2 aliphatic carbocycles. The number of carbonyl (C=O) groups excluding carboxylic acids is 1. The minimum absolute atomic E-state index is 0.0323. The Labute approximate surface area is 182 Å². The van der Waals surface area contributed by atoms with Crippen LogP contribution in [0.5, 0.6) is 0 Å². The molecule has 1 aromatic rings. The lowest BCUT2D eigenvalue weighted by atomic mass is 9.46. The smallest absolute Gasteiger partial charge is 0.311 e.